The van der Waals surface area contributed by atoms with Crippen molar-refractivity contribution in [1.29, 1.82) is 0 Å². The smallest absolute Gasteiger partial charge is 0.414 e. The van der Waals surface area contributed by atoms with Crippen molar-refractivity contribution >= 4 is 56.5 Å². The van der Waals surface area contributed by atoms with Crippen LogP contribution in [-0.4, -0.2) is 33.2 Å². The molecule has 0 bridgehead atoms. The molecule has 10 heteroatoms. The van der Waals surface area contributed by atoms with E-state index in [0.29, 0.717) is 4.90 Å². The third-order valence-electron chi connectivity index (χ3n) is 4.73. The van der Waals surface area contributed by atoms with Crippen LogP contribution in [0.15, 0.2) is 81.4 Å². The van der Waals surface area contributed by atoms with Gasteiger partial charge in [-0.05, 0) is 23.6 Å². The highest BCUT2D eigenvalue weighted by atomic mass is 35.6. The summed E-state index contributed by atoms with van der Waals surface area (Å²) >= 11 is 16.6. The molecule has 1 N–H and O–H groups in total. The summed E-state index contributed by atoms with van der Waals surface area (Å²) in [6.45, 7) is 3.72. The minimum absolute atomic E-state index is 0.181. The maximum atomic E-state index is 13.5. The van der Waals surface area contributed by atoms with Gasteiger partial charge in [0.1, 0.15) is 6.10 Å². The highest BCUT2D eigenvalue weighted by Crippen LogP contribution is 2.30. The van der Waals surface area contributed by atoms with Crippen molar-refractivity contribution in [1.82, 2.24) is 5.32 Å². The van der Waals surface area contributed by atoms with Gasteiger partial charge >= 0.3 is 6.09 Å². The molecule has 0 heterocycles. The van der Waals surface area contributed by atoms with Crippen LogP contribution in [0.3, 0.4) is 0 Å². The molecule has 3 atom stereocenters. The number of hydrogen-bond acceptors (Lipinski definition) is 5. The van der Waals surface area contributed by atoms with Crippen molar-refractivity contribution < 1.29 is 18.5 Å². The van der Waals surface area contributed by atoms with Gasteiger partial charge in [-0.15, -0.1) is 0 Å². The molecular formula is C23H25Cl3N2O4S. The molecule has 0 aliphatic heterocycles. The van der Waals surface area contributed by atoms with E-state index in [2.05, 4.69) is 4.36 Å². The molecule has 2 aromatic rings. The zero-order valence-electron chi connectivity index (χ0n) is 18.3. The van der Waals surface area contributed by atoms with E-state index in [0.717, 1.165) is 5.56 Å². The van der Waals surface area contributed by atoms with Gasteiger partial charge < -0.3 is 4.74 Å². The number of benzene rings is 2. The van der Waals surface area contributed by atoms with Crippen LogP contribution in [0.5, 0.6) is 0 Å². The number of rotatable bonds is 7. The predicted molar refractivity (Wildman–Crippen MR) is 133 cm³/mol. The fraction of sp³-hybridized carbons (Fsp3) is 0.304. The maximum absolute atomic E-state index is 13.5. The van der Waals surface area contributed by atoms with E-state index in [1.54, 1.807) is 30.3 Å². The zero-order chi connectivity index (χ0) is 24.6. The standard InChI is InChI=1S/C23H25Cl3N2O4S/c1-16(2)20(32-22(30)28-21(29)23(24,25)26)19(17-10-6-4-7-11-17)14-15-33(31,27-3)18-12-8-5-9-13-18/h4-16,19-20H,1-3H3,(H,28,29,30)/b15-14+/t19-,20-,33?/m0/s1. The average molecular weight is 532 g/mol. The van der Waals surface area contributed by atoms with Crippen LogP contribution in [0.4, 0.5) is 4.79 Å². The van der Waals surface area contributed by atoms with Crippen molar-refractivity contribution in [3.8, 4) is 0 Å². The number of carbonyl (C=O) groups is 2. The van der Waals surface area contributed by atoms with Crippen molar-refractivity contribution in [2.24, 2.45) is 10.3 Å². The summed E-state index contributed by atoms with van der Waals surface area (Å²) in [5, 5.41) is 3.46. The summed E-state index contributed by atoms with van der Waals surface area (Å²) in [6, 6.07) is 18.2. The number of halogens is 3. The van der Waals surface area contributed by atoms with E-state index in [1.807, 2.05) is 55.6 Å². The van der Waals surface area contributed by atoms with E-state index < -0.39 is 37.5 Å². The van der Waals surface area contributed by atoms with E-state index in [9.17, 15) is 13.8 Å². The molecule has 0 fully saturated rings. The second kappa shape index (κ2) is 11.9. The topological polar surface area (TPSA) is 84.8 Å². The third kappa shape index (κ3) is 7.74. The monoisotopic (exact) mass is 530 g/mol. The molecule has 2 rings (SSSR count). The van der Waals surface area contributed by atoms with Gasteiger partial charge in [-0.25, -0.2) is 13.4 Å². The number of amides is 2. The van der Waals surface area contributed by atoms with Crippen LogP contribution >= 0.6 is 34.8 Å². The highest BCUT2D eigenvalue weighted by Gasteiger charge is 2.34. The molecule has 6 nitrogen and oxygen atoms in total. The summed E-state index contributed by atoms with van der Waals surface area (Å²) in [6.07, 6.45) is -0.0710. The van der Waals surface area contributed by atoms with Gasteiger partial charge in [0, 0.05) is 18.4 Å². The first-order valence-corrected chi connectivity index (χ1v) is 12.7. The summed E-state index contributed by atoms with van der Waals surface area (Å²) in [4.78, 5) is 24.8. The van der Waals surface area contributed by atoms with Crippen molar-refractivity contribution in [2.75, 3.05) is 7.05 Å². The van der Waals surface area contributed by atoms with E-state index in [1.165, 1.54) is 12.5 Å². The largest absolute Gasteiger partial charge is 0.445 e. The number of nitrogens with zero attached hydrogens (tertiary/aromatic N) is 1. The fourth-order valence-corrected chi connectivity index (χ4v) is 4.64. The van der Waals surface area contributed by atoms with Gasteiger partial charge in [-0.3, -0.25) is 10.1 Å². The fourth-order valence-electron chi connectivity index (χ4n) is 3.08. The first kappa shape index (κ1) is 27.2. The molecule has 1 unspecified atom stereocenters. The van der Waals surface area contributed by atoms with Crippen LogP contribution in [0.1, 0.15) is 25.3 Å². The number of hydrogen-bond donors (Lipinski definition) is 1. The Kier molecular flexibility index (Phi) is 9.79. The van der Waals surface area contributed by atoms with Crippen LogP contribution in [0, 0.1) is 5.92 Å². The minimum Gasteiger partial charge on any atom is -0.445 e. The number of imide groups is 1. The second-order valence-corrected chi connectivity index (χ2v) is 11.9. The Hall–Kier alpha value is -2.06. The molecule has 0 aliphatic rings. The Morgan fingerprint density at radius 3 is 2.06 bits per heavy atom. The maximum Gasteiger partial charge on any atom is 0.414 e. The normalized spacial score (nSPS) is 15.5. The SMILES string of the molecule is CN=S(=O)(/C=C/[C@@H](c1ccccc1)[C@@H](OC(=O)NC(=O)C(Cl)(Cl)Cl)C(C)C)c1ccccc1. The molecule has 0 aliphatic carbocycles. The van der Waals surface area contributed by atoms with Gasteiger partial charge in [0.15, 0.2) is 0 Å². The summed E-state index contributed by atoms with van der Waals surface area (Å²) in [5.41, 5.74) is 0.818. The third-order valence-corrected chi connectivity index (χ3v) is 7.27. The van der Waals surface area contributed by atoms with E-state index in [4.69, 9.17) is 39.5 Å². The lowest BCUT2D eigenvalue weighted by molar-refractivity contribution is -0.119. The molecule has 0 radical (unpaired) electrons. The Bertz CT molecular complexity index is 1090. The number of nitrogens with one attached hydrogen (secondary N) is 1. The predicted octanol–water partition coefficient (Wildman–Crippen LogP) is 6.09. The van der Waals surface area contributed by atoms with Gasteiger partial charge in [-0.1, -0.05) is 103 Å². The van der Waals surface area contributed by atoms with Crippen molar-refractivity contribution in [3.63, 3.8) is 0 Å². The zero-order valence-corrected chi connectivity index (χ0v) is 21.4. The summed E-state index contributed by atoms with van der Waals surface area (Å²) < 4.78 is 20.9. The first-order chi connectivity index (χ1) is 15.5. The lowest BCUT2D eigenvalue weighted by Gasteiger charge is -2.28. The van der Waals surface area contributed by atoms with Crippen molar-refractivity contribution in [2.45, 2.75) is 34.6 Å². The summed E-state index contributed by atoms with van der Waals surface area (Å²) in [7, 11) is -1.36. The molecular weight excluding hydrogens is 507 g/mol. The molecule has 0 saturated heterocycles. The van der Waals surface area contributed by atoms with Crippen molar-refractivity contribution in [3.05, 3.63) is 77.7 Å². The molecule has 2 aromatic carbocycles. The Morgan fingerprint density at radius 2 is 1.58 bits per heavy atom. The Labute approximate surface area is 209 Å². The number of ether oxygens (including phenoxy) is 1. The molecule has 178 valence electrons. The van der Waals surface area contributed by atoms with Crippen LogP contribution in [0.2, 0.25) is 0 Å². The second-order valence-electron chi connectivity index (χ2n) is 7.40. The van der Waals surface area contributed by atoms with Crippen LogP contribution in [0.25, 0.3) is 0 Å². The van der Waals surface area contributed by atoms with E-state index in [-0.39, 0.29) is 5.92 Å². The molecule has 33 heavy (non-hydrogen) atoms. The lowest BCUT2D eigenvalue weighted by Crippen LogP contribution is -2.42. The molecule has 0 saturated carbocycles. The van der Waals surface area contributed by atoms with Gasteiger partial charge in [0.25, 0.3) is 9.70 Å². The Morgan fingerprint density at radius 1 is 1.03 bits per heavy atom. The first-order valence-electron chi connectivity index (χ1n) is 10.00. The quantitative estimate of drug-likeness (QED) is 0.438. The van der Waals surface area contributed by atoms with Crippen LogP contribution in [-0.2, 0) is 19.3 Å². The lowest BCUT2D eigenvalue weighted by atomic mass is 9.87. The van der Waals surface area contributed by atoms with Gasteiger partial charge in [0.05, 0.1) is 14.6 Å². The number of alkyl halides is 3. The molecule has 2 amide bonds. The minimum atomic E-state index is -2.85. The van der Waals surface area contributed by atoms with Crippen LogP contribution < -0.4 is 5.32 Å². The van der Waals surface area contributed by atoms with Gasteiger partial charge in [0.2, 0.25) is 0 Å². The molecule has 0 spiro atoms. The Balaban J connectivity index is 2.43. The van der Waals surface area contributed by atoms with E-state index >= 15 is 0 Å². The summed E-state index contributed by atoms with van der Waals surface area (Å²) in [5.74, 6) is -1.80. The van der Waals surface area contributed by atoms with Gasteiger partial charge in [-0.2, -0.15) is 0 Å². The highest BCUT2D eigenvalue weighted by molar-refractivity contribution is 7.96. The number of alkyl carbamates (subject to hydrolysis) is 1. The average Bonchev–Trinajstić information content (AvgIpc) is 2.78. The molecule has 0 aromatic heterocycles. The number of carbonyl (C=O) groups excluding carboxylic acids is 2.